The topological polar surface area (TPSA) is 61.8 Å². The van der Waals surface area contributed by atoms with Crippen molar-refractivity contribution in [3.8, 4) is 6.07 Å². The molecule has 1 unspecified atom stereocenters. The van der Waals surface area contributed by atoms with Gasteiger partial charge < -0.3 is 11.1 Å². The molecule has 1 aliphatic heterocycles. The molecule has 3 N–H and O–H groups in total. The predicted octanol–water partition coefficient (Wildman–Crippen LogP) is 5.06. The average Bonchev–Trinajstić information content (AvgIpc) is 2.95. The van der Waals surface area contributed by atoms with Gasteiger partial charge in [-0.05, 0) is 61.2 Å². The van der Waals surface area contributed by atoms with Gasteiger partial charge in [0.05, 0.1) is 10.3 Å². The second-order valence-electron chi connectivity index (χ2n) is 7.19. The van der Waals surface area contributed by atoms with E-state index in [0.29, 0.717) is 11.4 Å². The van der Waals surface area contributed by atoms with Crippen LogP contribution in [0.25, 0.3) is 10.1 Å². The van der Waals surface area contributed by atoms with Crippen molar-refractivity contribution in [2.24, 2.45) is 5.73 Å². The van der Waals surface area contributed by atoms with Crippen LogP contribution in [0.4, 0.5) is 4.39 Å². The summed E-state index contributed by atoms with van der Waals surface area (Å²) < 4.78 is 15.4. The smallest absolute Gasteiger partial charge is 0.109 e. The standard InChI is InChI=1S/C20H22FN3S/c1-11-12(2)24-19(23)15(8-20(3,4)21)17(11)16-10-25-18-13(9-22)6-5-7-14(16)18/h5-7,10,17,24H,8,23H2,1-4H3. The Morgan fingerprint density at radius 2 is 2.08 bits per heavy atom. The van der Waals surface area contributed by atoms with E-state index in [1.54, 1.807) is 25.2 Å². The number of nitriles is 1. The van der Waals surface area contributed by atoms with Crippen LogP contribution in [0.3, 0.4) is 0 Å². The Kier molecular flexibility index (Phi) is 4.34. The number of nitrogens with zero attached hydrogens (tertiary/aromatic N) is 1. The minimum Gasteiger partial charge on any atom is -0.385 e. The Hall–Kier alpha value is -2.32. The number of allylic oxidation sites excluding steroid dienone is 3. The summed E-state index contributed by atoms with van der Waals surface area (Å²) in [4.78, 5) is 0. The van der Waals surface area contributed by atoms with E-state index in [2.05, 4.69) is 23.7 Å². The number of halogens is 1. The number of rotatable bonds is 3. The molecular formula is C20H22FN3S. The Morgan fingerprint density at radius 3 is 2.72 bits per heavy atom. The van der Waals surface area contributed by atoms with Crippen molar-refractivity contribution >= 4 is 21.4 Å². The van der Waals surface area contributed by atoms with E-state index in [1.807, 2.05) is 25.1 Å². The quantitative estimate of drug-likeness (QED) is 0.809. The molecule has 1 atom stereocenters. The maximum absolute atomic E-state index is 14.4. The van der Waals surface area contributed by atoms with E-state index in [1.165, 1.54) is 0 Å². The molecule has 2 heterocycles. The maximum atomic E-state index is 14.4. The number of alkyl halides is 1. The fourth-order valence-electron chi connectivity index (χ4n) is 3.47. The Bertz CT molecular complexity index is 938. The van der Waals surface area contributed by atoms with Gasteiger partial charge in [0.1, 0.15) is 17.6 Å². The van der Waals surface area contributed by atoms with Crippen LogP contribution in [-0.4, -0.2) is 5.67 Å². The van der Waals surface area contributed by atoms with Crippen LogP contribution in [0.2, 0.25) is 0 Å². The van der Waals surface area contributed by atoms with Gasteiger partial charge >= 0.3 is 0 Å². The van der Waals surface area contributed by atoms with Gasteiger partial charge in [-0.2, -0.15) is 5.26 Å². The largest absolute Gasteiger partial charge is 0.385 e. The van der Waals surface area contributed by atoms with Crippen LogP contribution in [0, 0.1) is 11.3 Å². The van der Waals surface area contributed by atoms with E-state index >= 15 is 0 Å². The van der Waals surface area contributed by atoms with Crippen molar-refractivity contribution in [2.45, 2.75) is 45.7 Å². The van der Waals surface area contributed by atoms with Gasteiger partial charge in [0.25, 0.3) is 0 Å². The lowest BCUT2D eigenvalue weighted by molar-refractivity contribution is 0.213. The van der Waals surface area contributed by atoms with Crippen molar-refractivity contribution < 1.29 is 4.39 Å². The SMILES string of the molecule is CC1=C(C)C(c2csc3c(C#N)cccc23)C(CC(C)(C)F)=C(N)N1. The number of benzene rings is 1. The lowest BCUT2D eigenvalue weighted by Crippen LogP contribution is -2.31. The summed E-state index contributed by atoms with van der Waals surface area (Å²) in [5.74, 6) is 0.466. The van der Waals surface area contributed by atoms with Crippen molar-refractivity contribution in [1.29, 1.82) is 5.26 Å². The highest BCUT2D eigenvalue weighted by Crippen LogP contribution is 2.45. The first-order valence-corrected chi connectivity index (χ1v) is 9.13. The van der Waals surface area contributed by atoms with Crippen LogP contribution >= 0.6 is 11.3 Å². The van der Waals surface area contributed by atoms with E-state index < -0.39 is 5.67 Å². The molecule has 0 saturated heterocycles. The van der Waals surface area contributed by atoms with Gasteiger partial charge in [0.15, 0.2) is 0 Å². The highest BCUT2D eigenvalue weighted by molar-refractivity contribution is 7.17. The molecule has 0 radical (unpaired) electrons. The van der Waals surface area contributed by atoms with Crippen LogP contribution in [0.5, 0.6) is 0 Å². The van der Waals surface area contributed by atoms with E-state index in [0.717, 1.165) is 32.5 Å². The summed E-state index contributed by atoms with van der Waals surface area (Å²) in [7, 11) is 0. The zero-order valence-electron chi connectivity index (χ0n) is 14.9. The third-order valence-electron chi connectivity index (χ3n) is 4.71. The second kappa shape index (κ2) is 6.20. The lowest BCUT2D eigenvalue weighted by atomic mass is 9.78. The zero-order chi connectivity index (χ0) is 18.4. The van der Waals surface area contributed by atoms with Crippen LogP contribution in [-0.2, 0) is 0 Å². The number of thiophene rings is 1. The Balaban J connectivity index is 2.21. The summed E-state index contributed by atoms with van der Waals surface area (Å²) in [6.07, 6.45) is 0.260. The molecule has 130 valence electrons. The van der Waals surface area contributed by atoms with Gasteiger partial charge in [-0.15, -0.1) is 11.3 Å². The van der Waals surface area contributed by atoms with Crippen molar-refractivity contribution in [2.75, 3.05) is 0 Å². The van der Waals surface area contributed by atoms with Crippen LogP contribution < -0.4 is 11.1 Å². The first-order chi connectivity index (χ1) is 11.7. The van der Waals surface area contributed by atoms with E-state index in [4.69, 9.17) is 5.73 Å². The molecule has 0 fully saturated rings. The third-order valence-corrected chi connectivity index (χ3v) is 5.76. The first kappa shape index (κ1) is 17.5. The minimum absolute atomic E-state index is 0.0704. The summed E-state index contributed by atoms with van der Waals surface area (Å²) in [5.41, 5.74) is 9.68. The highest BCUT2D eigenvalue weighted by atomic mass is 32.1. The molecule has 0 amide bonds. The fourth-order valence-corrected chi connectivity index (χ4v) is 4.54. The van der Waals surface area contributed by atoms with Gasteiger partial charge in [-0.1, -0.05) is 12.1 Å². The normalized spacial score (nSPS) is 18.5. The molecule has 3 rings (SSSR count). The predicted molar refractivity (Wildman–Crippen MR) is 102 cm³/mol. The first-order valence-electron chi connectivity index (χ1n) is 8.25. The number of dihydropyridines is 1. The summed E-state index contributed by atoms with van der Waals surface area (Å²) in [6, 6.07) is 8.01. The molecular weight excluding hydrogens is 333 g/mol. The average molecular weight is 355 g/mol. The highest BCUT2D eigenvalue weighted by Gasteiger charge is 2.32. The molecule has 0 bridgehead atoms. The van der Waals surface area contributed by atoms with E-state index in [9.17, 15) is 9.65 Å². The summed E-state index contributed by atoms with van der Waals surface area (Å²) in [5, 5.41) is 15.7. The minimum atomic E-state index is -1.35. The van der Waals surface area contributed by atoms with E-state index in [-0.39, 0.29) is 12.3 Å². The zero-order valence-corrected chi connectivity index (χ0v) is 15.7. The fraction of sp³-hybridized carbons (Fsp3) is 0.350. The number of hydrogen-bond donors (Lipinski definition) is 2. The number of nitrogens with one attached hydrogen (secondary N) is 1. The molecule has 1 aromatic heterocycles. The number of fused-ring (bicyclic) bond motifs is 1. The van der Waals surface area contributed by atoms with Gasteiger partial charge in [0.2, 0.25) is 0 Å². The molecule has 0 aliphatic carbocycles. The monoisotopic (exact) mass is 355 g/mol. The Labute approximate surface area is 151 Å². The molecule has 1 aliphatic rings. The second-order valence-corrected chi connectivity index (χ2v) is 8.07. The van der Waals surface area contributed by atoms with Gasteiger partial charge in [0, 0.05) is 18.0 Å². The molecule has 2 aromatic rings. The van der Waals surface area contributed by atoms with Crippen LogP contribution in [0.1, 0.15) is 51.2 Å². The van der Waals surface area contributed by atoms with Gasteiger partial charge in [-0.3, -0.25) is 0 Å². The molecule has 5 heteroatoms. The molecule has 3 nitrogen and oxygen atoms in total. The van der Waals surface area contributed by atoms with Gasteiger partial charge in [-0.25, -0.2) is 4.39 Å². The van der Waals surface area contributed by atoms with Crippen molar-refractivity contribution in [1.82, 2.24) is 5.32 Å². The molecule has 1 aromatic carbocycles. The third kappa shape index (κ3) is 3.14. The van der Waals surface area contributed by atoms with Crippen molar-refractivity contribution in [3.63, 3.8) is 0 Å². The Morgan fingerprint density at radius 1 is 1.36 bits per heavy atom. The lowest BCUT2D eigenvalue weighted by Gasteiger charge is -2.32. The van der Waals surface area contributed by atoms with Crippen molar-refractivity contribution in [3.05, 3.63) is 57.4 Å². The summed E-state index contributed by atoms with van der Waals surface area (Å²) >= 11 is 1.56. The number of hydrogen-bond acceptors (Lipinski definition) is 4. The molecule has 25 heavy (non-hydrogen) atoms. The molecule has 0 saturated carbocycles. The number of nitrogens with two attached hydrogens (primary N) is 1. The maximum Gasteiger partial charge on any atom is 0.109 e. The summed E-state index contributed by atoms with van der Waals surface area (Å²) in [6.45, 7) is 7.19. The molecule has 0 spiro atoms. The van der Waals surface area contributed by atoms with Crippen LogP contribution in [0.15, 0.2) is 46.2 Å².